The highest BCUT2D eigenvalue weighted by Gasteiger charge is 2.07. The Morgan fingerprint density at radius 3 is 2.38 bits per heavy atom. The average molecular weight is 348 g/mol. The molecule has 0 saturated carbocycles. The molecule has 0 atom stereocenters. The molecule has 0 radical (unpaired) electrons. The molecule has 0 fully saturated rings. The van der Waals surface area contributed by atoms with Crippen molar-refractivity contribution in [1.82, 2.24) is 5.32 Å². The molecular weight excluding hydrogens is 330 g/mol. The summed E-state index contributed by atoms with van der Waals surface area (Å²) in [6.45, 7) is 0.627. The van der Waals surface area contributed by atoms with E-state index in [1.165, 1.54) is 0 Å². The third kappa shape index (κ3) is 6.30. The summed E-state index contributed by atoms with van der Waals surface area (Å²) in [6.07, 6.45) is 0.111. The van der Waals surface area contributed by atoms with Gasteiger partial charge in [0.15, 0.2) is 0 Å². The first kappa shape index (κ1) is 17.8. The van der Waals surface area contributed by atoms with Gasteiger partial charge in [-0.15, -0.1) is 0 Å². The molecule has 2 rings (SSSR count). The third-order valence-corrected chi connectivity index (χ3v) is 3.33. The molecule has 5 nitrogen and oxygen atoms in total. The minimum atomic E-state index is -0.386. The Hall–Kier alpha value is -2.53. The van der Waals surface area contributed by atoms with E-state index in [4.69, 9.17) is 21.1 Å². The van der Waals surface area contributed by atoms with Crippen molar-refractivity contribution >= 4 is 23.5 Å². The second kappa shape index (κ2) is 9.57. The highest BCUT2D eigenvalue weighted by molar-refractivity contribution is 6.30. The lowest BCUT2D eigenvalue weighted by molar-refractivity contribution is -0.144. The number of benzene rings is 2. The number of rotatable bonds is 8. The summed E-state index contributed by atoms with van der Waals surface area (Å²) in [7, 11) is 0. The van der Waals surface area contributed by atoms with Crippen molar-refractivity contribution in [3.8, 4) is 5.75 Å². The number of ether oxygens (including phenoxy) is 2. The fraction of sp³-hybridized carbons (Fsp3) is 0.222. The van der Waals surface area contributed by atoms with E-state index in [2.05, 4.69) is 5.32 Å². The molecule has 0 aliphatic rings. The molecule has 126 valence electrons. The van der Waals surface area contributed by atoms with Crippen molar-refractivity contribution in [2.24, 2.45) is 0 Å². The first-order chi connectivity index (χ1) is 11.6. The van der Waals surface area contributed by atoms with Gasteiger partial charge in [0.2, 0.25) is 0 Å². The Kier molecular flexibility index (Phi) is 7.11. The van der Waals surface area contributed by atoms with Gasteiger partial charge in [-0.2, -0.15) is 0 Å². The van der Waals surface area contributed by atoms with Crippen LogP contribution in [0.3, 0.4) is 0 Å². The van der Waals surface area contributed by atoms with Crippen LogP contribution in [0.4, 0.5) is 0 Å². The van der Waals surface area contributed by atoms with E-state index in [0.29, 0.717) is 16.3 Å². The zero-order valence-corrected chi connectivity index (χ0v) is 13.8. The van der Waals surface area contributed by atoms with Crippen LogP contribution >= 0.6 is 11.6 Å². The van der Waals surface area contributed by atoms with Crippen LogP contribution in [0.25, 0.3) is 0 Å². The molecule has 2 aromatic carbocycles. The Morgan fingerprint density at radius 1 is 0.958 bits per heavy atom. The van der Waals surface area contributed by atoms with E-state index in [9.17, 15) is 9.59 Å². The van der Waals surface area contributed by atoms with Crippen LogP contribution in [-0.4, -0.2) is 31.6 Å². The number of halogens is 1. The number of amides is 1. The van der Waals surface area contributed by atoms with E-state index < -0.39 is 0 Å². The standard InChI is InChI=1S/C18H18ClNO4/c19-15-6-8-16(9-7-15)23-12-13-24-17(21)10-11-20-18(22)14-4-2-1-3-5-14/h1-9H,10-13H2,(H,20,22). The minimum absolute atomic E-state index is 0.111. The molecule has 0 bridgehead atoms. The van der Waals surface area contributed by atoms with E-state index in [-0.39, 0.29) is 38.1 Å². The van der Waals surface area contributed by atoms with Gasteiger partial charge in [-0.05, 0) is 36.4 Å². The smallest absolute Gasteiger partial charge is 0.307 e. The molecule has 2 aromatic rings. The maximum Gasteiger partial charge on any atom is 0.307 e. The molecule has 1 amide bonds. The van der Waals surface area contributed by atoms with Gasteiger partial charge in [0, 0.05) is 17.1 Å². The molecule has 6 heteroatoms. The molecule has 0 saturated heterocycles. The Balaban J connectivity index is 1.56. The van der Waals surface area contributed by atoms with Crippen LogP contribution < -0.4 is 10.1 Å². The third-order valence-electron chi connectivity index (χ3n) is 3.08. The number of carbonyl (C=O) groups is 2. The van der Waals surface area contributed by atoms with Crippen molar-refractivity contribution < 1.29 is 19.1 Å². The van der Waals surface area contributed by atoms with Crippen LogP contribution in [0.2, 0.25) is 5.02 Å². The quantitative estimate of drug-likeness (QED) is 0.588. The number of hydrogen-bond acceptors (Lipinski definition) is 4. The van der Waals surface area contributed by atoms with Crippen molar-refractivity contribution in [3.05, 3.63) is 65.2 Å². The van der Waals surface area contributed by atoms with Crippen molar-refractivity contribution in [2.75, 3.05) is 19.8 Å². The van der Waals surface area contributed by atoms with Gasteiger partial charge >= 0.3 is 5.97 Å². The molecule has 24 heavy (non-hydrogen) atoms. The van der Waals surface area contributed by atoms with Crippen LogP contribution in [0.5, 0.6) is 5.75 Å². The lowest BCUT2D eigenvalue weighted by atomic mass is 10.2. The molecular formula is C18H18ClNO4. The number of carbonyl (C=O) groups excluding carboxylic acids is 2. The predicted octanol–water partition coefficient (Wildman–Crippen LogP) is 3.08. The molecule has 0 unspecified atom stereocenters. The predicted molar refractivity (Wildman–Crippen MR) is 91.3 cm³/mol. The normalized spacial score (nSPS) is 10.0. The van der Waals surface area contributed by atoms with E-state index in [0.717, 1.165) is 0 Å². The fourth-order valence-electron chi connectivity index (χ4n) is 1.89. The van der Waals surface area contributed by atoms with E-state index in [1.54, 1.807) is 48.5 Å². The first-order valence-electron chi connectivity index (χ1n) is 7.52. The molecule has 0 aliphatic carbocycles. The lowest BCUT2D eigenvalue weighted by Gasteiger charge is -2.08. The molecule has 0 spiro atoms. The largest absolute Gasteiger partial charge is 0.490 e. The highest BCUT2D eigenvalue weighted by Crippen LogP contribution is 2.15. The van der Waals surface area contributed by atoms with Gasteiger partial charge in [0.05, 0.1) is 6.42 Å². The molecule has 0 aliphatic heterocycles. The monoisotopic (exact) mass is 347 g/mol. The van der Waals surface area contributed by atoms with Gasteiger partial charge in [0.25, 0.3) is 5.91 Å². The fourth-order valence-corrected chi connectivity index (χ4v) is 2.01. The summed E-state index contributed by atoms with van der Waals surface area (Å²) < 4.78 is 10.4. The van der Waals surface area contributed by atoms with Crippen LogP contribution in [0.15, 0.2) is 54.6 Å². The van der Waals surface area contributed by atoms with Gasteiger partial charge < -0.3 is 14.8 Å². The summed E-state index contributed by atoms with van der Waals surface area (Å²) in [5.74, 6) is 0.0584. The van der Waals surface area contributed by atoms with Crippen molar-refractivity contribution in [1.29, 1.82) is 0 Å². The Morgan fingerprint density at radius 2 is 1.67 bits per heavy atom. The number of esters is 1. The van der Waals surface area contributed by atoms with Crippen molar-refractivity contribution in [3.63, 3.8) is 0 Å². The van der Waals surface area contributed by atoms with Crippen LogP contribution in [-0.2, 0) is 9.53 Å². The Labute approximate surface area is 145 Å². The highest BCUT2D eigenvalue weighted by atomic mass is 35.5. The molecule has 0 heterocycles. The molecule has 0 aromatic heterocycles. The zero-order chi connectivity index (χ0) is 17.2. The summed E-state index contributed by atoms with van der Waals surface area (Å²) >= 11 is 5.77. The van der Waals surface area contributed by atoms with E-state index in [1.807, 2.05) is 6.07 Å². The van der Waals surface area contributed by atoms with Crippen molar-refractivity contribution in [2.45, 2.75) is 6.42 Å². The minimum Gasteiger partial charge on any atom is -0.490 e. The topological polar surface area (TPSA) is 64.6 Å². The average Bonchev–Trinajstić information content (AvgIpc) is 2.61. The lowest BCUT2D eigenvalue weighted by Crippen LogP contribution is -2.26. The number of nitrogens with one attached hydrogen (secondary N) is 1. The van der Waals surface area contributed by atoms with Crippen LogP contribution in [0, 0.1) is 0 Å². The maximum absolute atomic E-state index is 11.8. The van der Waals surface area contributed by atoms with E-state index >= 15 is 0 Å². The van der Waals surface area contributed by atoms with Gasteiger partial charge in [0.1, 0.15) is 19.0 Å². The van der Waals surface area contributed by atoms with Gasteiger partial charge in [-0.1, -0.05) is 29.8 Å². The number of hydrogen-bond donors (Lipinski definition) is 1. The second-order valence-corrected chi connectivity index (χ2v) is 5.33. The Bertz CT molecular complexity index is 658. The summed E-state index contributed by atoms with van der Waals surface area (Å²) in [5, 5.41) is 3.30. The zero-order valence-electron chi connectivity index (χ0n) is 13.0. The second-order valence-electron chi connectivity index (χ2n) is 4.89. The van der Waals surface area contributed by atoms with Gasteiger partial charge in [-0.25, -0.2) is 0 Å². The summed E-state index contributed by atoms with van der Waals surface area (Å²) in [6, 6.07) is 15.7. The first-order valence-corrected chi connectivity index (χ1v) is 7.90. The van der Waals surface area contributed by atoms with Gasteiger partial charge in [-0.3, -0.25) is 9.59 Å². The summed E-state index contributed by atoms with van der Waals surface area (Å²) in [5.41, 5.74) is 0.558. The SMILES string of the molecule is O=C(CCNC(=O)c1ccccc1)OCCOc1ccc(Cl)cc1. The maximum atomic E-state index is 11.8. The molecule has 1 N–H and O–H groups in total. The van der Waals surface area contributed by atoms with Crippen LogP contribution in [0.1, 0.15) is 16.8 Å². The summed E-state index contributed by atoms with van der Waals surface area (Å²) in [4.78, 5) is 23.3.